The number of fused-ring (bicyclic) bond motifs is 7. The lowest BCUT2D eigenvalue weighted by Gasteiger charge is -2.28. The molecular formula is C58H39N3. The Bertz CT molecular complexity index is 3480. The van der Waals surface area contributed by atoms with Crippen molar-refractivity contribution in [1.29, 1.82) is 0 Å². The van der Waals surface area contributed by atoms with Crippen LogP contribution in [0.3, 0.4) is 0 Å². The average molecular weight is 778 g/mol. The minimum Gasteiger partial charge on any atom is -0.310 e. The van der Waals surface area contributed by atoms with E-state index in [1.165, 1.54) is 71.1 Å². The molecule has 12 aromatic rings. The molecule has 2 aromatic heterocycles. The van der Waals surface area contributed by atoms with Crippen molar-refractivity contribution in [2.24, 2.45) is 0 Å². The smallest absolute Gasteiger partial charge is 0.0541 e. The molecule has 12 rings (SSSR count). The van der Waals surface area contributed by atoms with E-state index in [9.17, 15) is 0 Å². The largest absolute Gasteiger partial charge is 0.310 e. The van der Waals surface area contributed by atoms with Crippen molar-refractivity contribution in [2.45, 2.75) is 0 Å². The molecule has 0 radical (unpaired) electrons. The fourth-order valence-electron chi connectivity index (χ4n) is 9.48. The van der Waals surface area contributed by atoms with Crippen LogP contribution in [0.1, 0.15) is 0 Å². The monoisotopic (exact) mass is 777 g/mol. The van der Waals surface area contributed by atoms with Crippen LogP contribution >= 0.6 is 0 Å². The SMILES string of the molecule is c1cc(-c2ccc(N(c3ccc(-n4c5ccccc5c5ccccc54)cc3)c3ccccc3-c3ccc4ccccc4c3)cc2)cc(-n2c3ccccc3c3ccccc32)c1. The van der Waals surface area contributed by atoms with Gasteiger partial charge in [-0.2, -0.15) is 0 Å². The number of benzene rings is 10. The minimum atomic E-state index is 1.08. The van der Waals surface area contributed by atoms with Crippen molar-refractivity contribution in [3.63, 3.8) is 0 Å². The third kappa shape index (κ3) is 5.82. The first-order chi connectivity index (χ1) is 30.3. The van der Waals surface area contributed by atoms with Gasteiger partial charge in [-0.15, -0.1) is 0 Å². The zero-order chi connectivity index (χ0) is 40.3. The van der Waals surface area contributed by atoms with Gasteiger partial charge in [0, 0.05) is 49.9 Å². The average Bonchev–Trinajstić information content (AvgIpc) is 3.85. The highest BCUT2D eigenvalue weighted by Gasteiger charge is 2.19. The molecule has 286 valence electrons. The molecule has 0 spiro atoms. The van der Waals surface area contributed by atoms with Crippen molar-refractivity contribution in [2.75, 3.05) is 4.90 Å². The first-order valence-electron chi connectivity index (χ1n) is 20.9. The molecule has 3 nitrogen and oxygen atoms in total. The molecule has 0 atom stereocenters. The van der Waals surface area contributed by atoms with Crippen LogP contribution in [-0.2, 0) is 0 Å². The third-order valence-electron chi connectivity index (χ3n) is 12.3. The van der Waals surface area contributed by atoms with Gasteiger partial charge in [0.2, 0.25) is 0 Å². The Morgan fingerprint density at radius 1 is 0.279 bits per heavy atom. The van der Waals surface area contributed by atoms with Gasteiger partial charge in [0.1, 0.15) is 0 Å². The highest BCUT2D eigenvalue weighted by molar-refractivity contribution is 6.10. The van der Waals surface area contributed by atoms with Crippen molar-refractivity contribution < 1.29 is 0 Å². The predicted molar refractivity (Wildman–Crippen MR) is 258 cm³/mol. The number of para-hydroxylation sites is 5. The Morgan fingerprint density at radius 2 is 0.754 bits per heavy atom. The Kier molecular flexibility index (Phi) is 8.17. The van der Waals surface area contributed by atoms with Crippen LogP contribution < -0.4 is 4.90 Å². The lowest BCUT2D eigenvalue weighted by atomic mass is 9.98. The second-order valence-electron chi connectivity index (χ2n) is 15.8. The van der Waals surface area contributed by atoms with E-state index >= 15 is 0 Å². The summed E-state index contributed by atoms with van der Waals surface area (Å²) in [6.07, 6.45) is 0. The molecule has 0 saturated carbocycles. The zero-order valence-electron chi connectivity index (χ0n) is 33.4. The molecule has 0 N–H and O–H groups in total. The molecule has 0 aliphatic rings. The molecule has 3 heteroatoms. The summed E-state index contributed by atoms with van der Waals surface area (Å²) in [6.45, 7) is 0. The normalized spacial score (nSPS) is 11.6. The van der Waals surface area contributed by atoms with Gasteiger partial charge in [-0.3, -0.25) is 0 Å². The number of nitrogens with zero attached hydrogens (tertiary/aromatic N) is 3. The summed E-state index contributed by atoms with van der Waals surface area (Å²) in [5, 5.41) is 7.51. The second-order valence-corrected chi connectivity index (χ2v) is 15.8. The molecule has 0 bridgehead atoms. The second kappa shape index (κ2) is 14.3. The van der Waals surface area contributed by atoms with E-state index in [4.69, 9.17) is 0 Å². The predicted octanol–water partition coefficient (Wildman–Crippen LogP) is 15.8. The maximum Gasteiger partial charge on any atom is 0.0541 e. The van der Waals surface area contributed by atoms with Gasteiger partial charge in [-0.25, -0.2) is 0 Å². The van der Waals surface area contributed by atoms with E-state index in [0.717, 1.165) is 34.0 Å². The third-order valence-corrected chi connectivity index (χ3v) is 12.3. The standard InChI is InChI=1S/C58H39N3/c1-2-15-42-38-44(29-28-40(42)14-1)49-18-3-8-23-54(49)59(46-34-36-47(37-35-46)60-55-24-9-4-19-50(55)51-20-5-10-25-56(51)60)45-32-30-41(31-33-45)43-16-13-17-48(39-43)61-57-26-11-6-21-52(57)53-22-7-12-27-58(53)61/h1-39H. The van der Waals surface area contributed by atoms with E-state index in [1.807, 2.05) is 0 Å². The van der Waals surface area contributed by atoms with Crippen molar-refractivity contribution in [3.05, 3.63) is 237 Å². The topological polar surface area (TPSA) is 13.1 Å². The Hall–Kier alpha value is -8.14. The molecule has 0 unspecified atom stereocenters. The molecule has 0 aliphatic heterocycles. The molecule has 0 amide bonds. The van der Waals surface area contributed by atoms with Gasteiger partial charge in [0.25, 0.3) is 0 Å². The lowest BCUT2D eigenvalue weighted by molar-refractivity contribution is 1.17. The maximum atomic E-state index is 2.40. The molecule has 61 heavy (non-hydrogen) atoms. The first kappa shape index (κ1) is 34.9. The minimum absolute atomic E-state index is 1.08. The van der Waals surface area contributed by atoms with Gasteiger partial charge < -0.3 is 14.0 Å². The van der Waals surface area contributed by atoms with E-state index in [2.05, 4.69) is 251 Å². The molecule has 2 heterocycles. The van der Waals surface area contributed by atoms with Crippen LogP contribution in [0, 0.1) is 0 Å². The summed E-state index contributed by atoms with van der Waals surface area (Å²) in [6, 6.07) is 85.9. The van der Waals surface area contributed by atoms with Crippen LogP contribution in [0.2, 0.25) is 0 Å². The van der Waals surface area contributed by atoms with Crippen molar-refractivity contribution in [3.8, 4) is 33.6 Å². The summed E-state index contributed by atoms with van der Waals surface area (Å²) < 4.78 is 4.76. The van der Waals surface area contributed by atoms with Crippen LogP contribution in [0.4, 0.5) is 17.1 Å². The van der Waals surface area contributed by atoms with Crippen LogP contribution in [-0.4, -0.2) is 9.13 Å². The zero-order valence-corrected chi connectivity index (χ0v) is 33.4. The van der Waals surface area contributed by atoms with E-state index in [1.54, 1.807) is 0 Å². The first-order valence-corrected chi connectivity index (χ1v) is 20.9. The molecule has 10 aromatic carbocycles. The van der Waals surface area contributed by atoms with Gasteiger partial charge in [0.05, 0.1) is 27.8 Å². The number of hydrogen-bond acceptors (Lipinski definition) is 1. The van der Waals surface area contributed by atoms with Gasteiger partial charge in [-0.1, -0.05) is 152 Å². The maximum absolute atomic E-state index is 2.40. The van der Waals surface area contributed by atoms with Crippen molar-refractivity contribution >= 4 is 71.4 Å². The molecule has 0 aliphatic carbocycles. The highest BCUT2D eigenvalue weighted by Crippen LogP contribution is 2.43. The van der Waals surface area contributed by atoms with Crippen LogP contribution in [0.15, 0.2) is 237 Å². The lowest BCUT2D eigenvalue weighted by Crippen LogP contribution is -2.11. The van der Waals surface area contributed by atoms with Crippen molar-refractivity contribution in [1.82, 2.24) is 9.13 Å². The number of rotatable bonds is 7. The number of hydrogen-bond donors (Lipinski definition) is 0. The van der Waals surface area contributed by atoms with Gasteiger partial charge in [-0.05, 0) is 112 Å². The Balaban J connectivity index is 0.980. The molecule has 0 saturated heterocycles. The van der Waals surface area contributed by atoms with Gasteiger partial charge >= 0.3 is 0 Å². The highest BCUT2D eigenvalue weighted by atomic mass is 15.1. The number of anilines is 3. The summed E-state index contributed by atoms with van der Waals surface area (Å²) in [5.41, 5.74) is 15.1. The van der Waals surface area contributed by atoms with Gasteiger partial charge in [0.15, 0.2) is 0 Å². The van der Waals surface area contributed by atoms with E-state index in [-0.39, 0.29) is 0 Å². The van der Waals surface area contributed by atoms with Crippen LogP contribution in [0.5, 0.6) is 0 Å². The van der Waals surface area contributed by atoms with Crippen LogP contribution in [0.25, 0.3) is 88.0 Å². The van der Waals surface area contributed by atoms with E-state index in [0.29, 0.717) is 0 Å². The summed E-state index contributed by atoms with van der Waals surface area (Å²) in [7, 11) is 0. The quantitative estimate of drug-likeness (QED) is 0.157. The summed E-state index contributed by atoms with van der Waals surface area (Å²) in [5.74, 6) is 0. The fraction of sp³-hybridized carbons (Fsp3) is 0. The Morgan fingerprint density at radius 3 is 1.36 bits per heavy atom. The van der Waals surface area contributed by atoms with E-state index < -0.39 is 0 Å². The molecule has 0 fully saturated rings. The fourth-order valence-corrected chi connectivity index (χ4v) is 9.48. The summed E-state index contributed by atoms with van der Waals surface area (Å²) in [4.78, 5) is 2.40. The molecular weight excluding hydrogens is 739 g/mol. The summed E-state index contributed by atoms with van der Waals surface area (Å²) >= 11 is 0. The Labute approximate surface area is 354 Å². The number of aromatic nitrogens is 2.